The molecule has 2 nitrogen and oxygen atoms in total. The van der Waals surface area contributed by atoms with Crippen LogP contribution >= 0.6 is 27.3 Å². The summed E-state index contributed by atoms with van der Waals surface area (Å²) in [6.07, 6.45) is 3.11. The van der Waals surface area contributed by atoms with Crippen LogP contribution < -0.4 is 10.6 Å². The summed E-state index contributed by atoms with van der Waals surface area (Å²) in [5, 5.41) is 2.21. The second kappa shape index (κ2) is 6.51. The minimum absolute atomic E-state index is 0.236. The van der Waals surface area contributed by atoms with Crippen molar-refractivity contribution in [3.05, 3.63) is 50.1 Å². The lowest BCUT2D eigenvalue weighted by Crippen LogP contribution is -2.31. The molecular formula is C17H21BrN2S. The molecule has 0 bridgehead atoms. The van der Waals surface area contributed by atoms with E-state index < -0.39 is 0 Å². The molecule has 0 amide bonds. The van der Waals surface area contributed by atoms with Crippen LogP contribution in [0.15, 0.2) is 34.1 Å². The van der Waals surface area contributed by atoms with Gasteiger partial charge in [-0.15, -0.1) is 11.3 Å². The van der Waals surface area contributed by atoms with Crippen molar-refractivity contribution < 1.29 is 0 Å². The van der Waals surface area contributed by atoms with Crippen molar-refractivity contribution in [1.82, 2.24) is 0 Å². The lowest BCUT2D eigenvalue weighted by molar-refractivity contribution is 0.641. The van der Waals surface area contributed by atoms with Crippen molar-refractivity contribution >= 4 is 33.0 Å². The van der Waals surface area contributed by atoms with Crippen molar-refractivity contribution in [3.63, 3.8) is 0 Å². The Labute approximate surface area is 139 Å². The first-order valence-corrected chi connectivity index (χ1v) is 9.19. The Kier molecular flexibility index (Phi) is 4.67. The zero-order valence-electron chi connectivity index (χ0n) is 12.3. The van der Waals surface area contributed by atoms with Gasteiger partial charge >= 0.3 is 0 Å². The molecule has 0 fully saturated rings. The number of nitrogens with two attached hydrogens (primary N) is 1. The largest absolute Gasteiger partial charge is 0.367 e. The second-order valence-electron chi connectivity index (χ2n) is 5.69. The van der Waals surface area contributed by atoms with Crippen molar-refractivity contribution in [2.45, 2.75) is 38.8 Å². The third-order valence-electron chi connectivity index (χ3n) is 4.20. The minimum Gasteiger partial charge on any atom is -0.367 e. The van der Waals surface area contributed by atoms with Crippen LogP contribution in [0.3, 0.4) is 0 Å². The van der Waals surface area contributed by atoms with E-state index in [4.69, 9.17) is 5.73 Å². The maximum absolute atomic E-state index is 6.18. The van der Waals surface area contributed by atoms with Crippen molar-refractivity contribution in [3.8, 4) is 0 Å². The number of thiophene rings is 1. The van der Waals surface area contributed by atoms with Gasteiger partial charge < -0.3 is 10.6 Å². The standard InChI is InChI=1S/C17H21BrN2S/c1-2-15(19)10-13-9-14(18)3-4-16(13)20-7-5-17-12(11-20)6-8-21-17/h3-4,6,8-9,15H,2,5,7,10-11,19H2,1H3. The summed E-state index contributed by atoms with van der Waals surface area (Å²) in [5.41, 5.74) is 10.4. The first-order valence-electron chi connectivity index (χ1n) is 7.51. The molecule has 1 aliphatic rings. The Bertz CT molecular complexity index is 623. The Balaban J connectivity index is 1.88. The molecule has 1 aliphatic heterocycles. The Morgan fingerprint density at radius 3 is 3.05 bits per heavy atom. The van der Waals surface area contributed by atoms with E-state index in [1.54, 1.807) is 4.88 Å². The van der Waals surface area contributed by atoms with Gasteiger partial charge in [-0.25, -0.2) is 0 Å². The molecule has 2 heterocycles. The van der Waals surface area contributed by atoms with E-state index in [1.807, 2.05) is 11.3 Å². The predicted molar refractivity (Wildman–Crippen MR) is 95.2 cm³/mol. The fourth-order valence-corrected chi connectivity index (χ4v) is 4.21. The van der Waals surface area contributed by atoms with Crippen LogP contribution in [0.25, 0.3) is 0 Å². The topological polar surface area (TPSA) is 29.3 Å². The van der Waals surface area contributed by atoms with Crippen LogP contribution in [0, 0.1) is 0 Å². The Morgan fingerprint density at radius 2 is 2.24 bits per heavy atom. The van der Waals surface area contributed by atoms with E-state index in [2.05, 4.69) is 57.4 Å². The SMILES string of the molecule is CCC(N)Cc1cc(Br)ccc1N1CCc2sccc2C1. The molecule has 4 heteroatoms. The monoisotopic (exact) mass is 364 g/mol. The average molecular weight is 365 g/mol. The summed E-state index contributed by atoms with van der Waals surface area (Å²) >= 11 is 5.48. The van der Waals surface area contributed by atoms with Crippen molar-refractivity contribution in [1.29, 1.82) is 0 Å². The maximum atomic E-state index is 6.18. The van der Waals surface area contributed by atoms with Gasteiger partial charge in [-0.05, 0) is 60.0 Å². The second-order valence-corrected chi connectivity index (χ2v) is 7.60. The van der Waals surface area contributed by atoms with Crippen LogP contribution in [0.5, 0.6) is 0 Å². The Morgan fingerprint density at radius 1 is 1.38 bits per heavy atom. The highest BCUT2D eigenvalue weighted by molar-refractivity contribution is 9.10. The molecule has 1 atom stereocenters. The smallest absolute Gasteiger partial charge is 0.0440 e. The number of halogens is 1. The number of anilines is 1. The zero-order chi connectivity index (χ0) is 14.8. The molecule has 21 heavy (non-hydrogen) atoms. The Hall–Kier alpha value is -0.840. The number of hydrogen-bond acceptors (Lipinski definition) is 3. The fourth-order valence-electron chi connectivity index (χ4n) is 2.91. The molecule has 2 N–H and O–H groups in total. The molecule has 0 radical (unpaired) electrons. The molecule has 2 aromatic rings. The first kappa shape index (κ1) is 15.1. The van der Waals surface area contributed by atoms with Crippen LogP contribution in [0.4, 0.5) is 5.69 Å². The molecule has 1 unspecified atom stereocenters. The molecular weight excluding hydrogens is 344 g/mol. The van der Waals surface area contributed by atoms with Gasteiger partial charge in [0.15, 0.2) is 0 Å². The predicted octanol–water partition coefficient (Wildman–Crippen LogP) is 4.35. The van der Waals surface area contributed by atoms with Crippen LogP contribution in [0.1, 0.15) is 29.3 Å². The van der Waals surface area contributed by atoms with Crippen molar-refractivity contribution in [2.75, 3.05) is 11.4 Å². The molecule has 0 spiro atoms. The van der Waals surface area contributed by atoms with Gasteiger partial charge in [-0.2, -0.15) is 0 Å². The van der Waals surface area contributed by atoms with E-state index in [9.17, 15) is 0 Å². The van der Waals surface area contributed by atoms with Gasteiger partial charge in [-0.3, -0.25) is 0 Å². The van der Waals surface area contributed by atoms with Crippen LogP contribution in [-0.4, -0.2) is 12.6 Å². The van der Waals surface area contributed by atoms with Gasteiger partial charge in [0.05, 0.1) is 0 Å². The van der Waals surface area contributed by atoms with Crippen LogP contribution in [0.2, 0.25) is 0 Å². The molecule has 0 saturated heterocycles. The number of fused-ring (bicyclic) bond motifs is 1. The van der Waals surface area contributed by atoms with Gasteiger partial charge in [0, 0.05) is 34.2 Å². The zero-order valence-corrected chi connectivity index (χ0v) is 14.7. The van der Waals surface area contributed by atoms with E-state index in [-0.39, 0.29) is 6.04 Å². The third kappa shape index (κ3) is 3.33. The highest BCUT2D eigenvalue weighted by Crippen LogP contribution is 2.32. The summed E-state index contributed by atoms with van der Waals surface area (Å²) in [6.45, 7) is 4.28. The van der Waals surface area contributed by atoms with Crippen LogP contribution in [-0.2, 0) is 19.4 Å². The third-order valence-corrected chi connectivity index (χ3v) is 5.71. The van der Waals surface area contributed by atoms with E-state index in [1.165, 1.54) is 16.8 Å². The minimum atomic E-state index is 0.236. The van der Waals surface area contributed by atoms with Gasteiger partial charge in [-0.1, -0.05) is 22.9 Å². The summed E-state index contributed by atoms with van der Waals surface area (Å²) in [7, 11) is 0. The maximum Gasteiger partial charge on any atom is 0.0440 e. The van der Waals surface area contributed by atoms with E-state index in [0.29, 0.717) is 0 Å². The quantitative estimate of drug-likeness (QED) is 0.873. The van der Waals surface area contributed by atoms with Crippen molar-refractivity contribution in [2.24, 2.45) is 5.73 Å². The fraction of sp³-hybridized carbons (Fsp3) is 0.412. The summed E-state index contributed by atoms with van der Waals surface area (Å²) in [5.74, 6) is 0. The van der Waals surface area contributed by atoms with Gasteiger partial charge in [0.25, 0.3) is 0 Å². The normalized spacial score (nSPS) is 15.9. The number of nitrogens with zero attached hydrogens (tertiary/aromatic N) is 1. The summed E-state index contributed by atoms with van der Waals surface area (Å²) in [6, 6.07) is 9.11. The lowest BCUT2D eigenvalue weighted by atomic mass is 10.0. The molecule has 1 aromatic carbocycles. The molecule has 3 rings (SSSR count). The first-order chi connectivity index (χ1) is 10.2. The summed E-state index contributed by atoms with van der Waals surface area (Å²) in [4.78, 5) is 4.05. The highest BCUT2D eigenvalue weighted by atomic mass is 79.9. The number of rotatable bonds is 4. The molecule has 112 valence electrons. The molecule has 1 aromatic heterocycles. The highest BCUT2D eigenvalue weighted by Gasteiger charge is 2.20. The molecule has 0 aliphatic carbocycles. The summed E-state index contributed by atoms with van der Waals surface area (Å²) < 4.78 is 1.14. The average Bonchev–Trinajstić information content (AvgIpc) is 2.94. The van der Waals surface area contributed by atoms with E-state index in [0.717, 1.165) is 36.8 Å². The molecule has 0 saturated carbocycles. The van der Waals surface area contributed by atoms with E-state index >= 15 is 0 Å². The number of hydrogen-bond donors (Lipinski definition) is 1. The van der Waals surface area contributed by atoms with Gasteiger partial charge in [0.2, 0.25) is 0 Å². The lowest BCUT2D eigenvalue weighted by Gasteiger charge is -2.31. The number of benzene rings is 1. The van der Waals surface area contributed by atoms with Gasteiger partial charge in [0.1, 0.15) is 0 Å².